The second-order valence-corrected chi connectivity index (χ2v) is 5.30. The molecule has 0 spiro atoms. The lowest BCUT2D eigenvalue weighted by Gasteiger charge is -2.37. The minimum atomic E-state index is -0.867. The van der Waals surface area contributed by atoms with Crippen molar-refractivity contribution in [2.24, 2.45) is 0 Å². The Balaban J connectivity index is 1.61. The highest BCUT2D eigenvalue weighted by Crippen LogP contribution is 2.20. The molecule has 1 unspecified atom stereocenters. The van der Waals surface area contributed by atoms with Gasteiger partial charge in [0.25, 0.3) is 0 Å². The van der Waals surface area contributed by atoms with Crippen LogP contribution in [0.3, 0.4) is 0 Å². The van der Waals surface area contributed by atoms with Gasteiger partial charge in [-0.1, -0.05) is 30.3 Å². The number of benzene rings is 1. The van der Waals surface area contributed by atoms with Gasteiger partial charge < -0.3 is 20.5 Å². The number of carbonyl (C=O) groups excluding carboxylic acids is 1. The number of hydrogen-bond acceptors (Lipinski definition) is 4. The van der Waals surface area contributed by atoms with Crippen molar-refractivity contribution in [1.82, 2.24) is 10.6 Å². The van der Waals surface area contributed by atoms with E-state index in [1.165, 1.54) is 0 Å². The zero-order valence-corrected chi connectivity index (χ0v) is 11.9. The Morgan fingerprint density at radius 1 is 1.29 bits per heavy atom. The summed E-state index contributed by atoms with van der Waals surface area (Å²) >= 11 is 0. The Labute approximate surface area is 123 Å². The summed E-state index contributed by atoms with van der Waals surface area (Å²) in [5.74, 6) is -0.867. The van der Waals surface area contributed by atoms with Crippen molar-refractivity contribution >= 4 is 12.1 Å². The molecule has 1 fully saturated rings. The van der Waals surface area contributed by atoms with Crippen molar-refractivity contribution < 1.29 is 19.4 Å². The van der Waals surface area contributed by atoms with E-state index in [1.54, 1.807) is 6.92 Å². The normalized spacial score (nSPS) is 22.0. The molecule has 1 aromatic carbocycles. The summed E-state index contributed by atoms with van der Waals surface area (Å²) in [6.45, 7) is 1.86. The third-order valence-corrected chi connectivity index (χ3v) is 3.53. The molecule has 1 saturated carbocycles. The zero-order chi connectivity index (χ0) is 15.2. The van der Waals surface area contributed by atoms with Gasteiger partial charge in [-0.3, -0.25) is 4.79 Å². The number of aliphatic carboxylic acids is 1. The average Bonchev–Trinajstić information content (AvgIpc) is 2.43. The average molecular weight is 292 g/mol. The first-order valence-corrected chi connectivity index (χ1v) is 7.00. The number of rotatable bonds is 6. The smallest absolute Gasteiger partial charge is 0.407 e. The lowest BCUT2D eigenvalue weighted by Crippen LogP contribution is -2.55. The molecule has 6 nitrogen and oxygen atoms in total. The molecule has 1 aliphatic rings. The number of amides is 1. The second-order valence-electron chi connectivity index (χ2n) is 5.30. The molecule has 6 heteroatoms. The van der Waals surface area contributed by atoms with Crippen LogP contribution in [0.1, 0.15) is 25.3 Å². The van der Waals surface area contributed by atoms with Crippen LogP contribution in [-0.4, -0.2) is 35.3 Å². The van der Waals surface area contributed by atoms with Gasteiger partial charge in [-0.15, -0.1) is 0 Å². The summed E-state index contributed by atoms with van der Waals surface area (Å²) in [5.41, 5.74) is 0.941. The maximum absolute atomic E-state index is 11.6. The molecule has 1 aliphatic carbocycles. The third kappa shape index (κ3) is 4.75. The fourth-order valence-corrected chi connectivity index (χ4v) is 2.23. The van der Waals surface area contributed by atoms with E-state index in [0.29, 0.717) is 0 Å². The summed E-state index contributed by atoms with van der Waals surface area (Å²) in [4.78, 5) is 22.3. The molecule has 1 aromatic rings. The Hall–Kier alpha value is -2.08. The van der Waals surface area contributed by atoms with Crippen LogP contribution in [0.4, 0.5) is 4.79 Å². The molecule has 0 radical (unpaired) electrons. The highest BCUT2D eigenvalue weighted by Gasteiger charge is 2.32. The number of nitrogens with one attached hydrogen (secondary N) is 2. The molecule has 0 aliphatic heterocycles. The molecule has 114 valence electrons. The Morgan fingerprint density at radius 3 is 2.57 bits per heavy atom. The van der Waals surface area contributed by atoms with Crippen molar-refractivity contribution in [3.63, 3.8) is 0 Å². The van der Waals surface area contributed by atoms with Crippen LogP contribution in [0.25, 0.3) is 0 Å². The summed E-state index contributed by atoms with van der Waals surface area (Å²) in [5, 5.41) is 14.5. The highest BCUT2D eigenvalue weighted by molar-refractivity contribution is 5.73. The van der Waals surface area contributed by atoms with E-state index in [4.69, 9.17) is 9.84 Å². The number of alkyl carbamates (subject to hydrolysis) is 1. The molecule has 0 bridgehead atoms. The maximum Gasteiger partial charge on any atom is 0.407 e. The standard InChI is InChI=1S/C15H20N2O4/c1-10(14(18)19)16-12-7-13(8-12)17-15(20)21-9-11-5-3-2-4-6-11/h2-6,10,12-13,16H,7-9H2,1H3,(H,17,20)(H,18,19). The lowest BCUT2D eigenvalue weighted by molar-refractivity contribution is -0.139. The molecular weight excluding hydrogens is 272 g/mol. The quantitative estimate of drug-likeness (QED) is 0.739. The van der Waals surface area contributed by atoms with E-state index in [1.807, 2.05) is 30.3 Å². The number of ether oxygens (including phenoxy) is 1. The number of carboxylic acids is 1. The third-order valence-electron chi connectivity index (χ3n) is 3.53. The predicted molar refractivity (Wildman–Crippen MR) is 76.8 cm³/mol. The number of hydrogen-bond donors (Lipinski definition) is 3. The zero-order valence-electron chi connectivity index (χ0n) is 11.9. The Morgan fingerprint density at radius 2 is 1.95 bits per heavy atom. The highest BCUT2D eigenvalue weighted by atomic mass is 16.5. The van der Waals surface area contributed by atoms with Crippen molar-refractivity contribution in [1.29, 1.82) is 0 Å². The van der Waals surface area contributed by atoms with E-state index >= 15 is 0 Å². The van der Waals surface area contributed by atoms with E-state index in [0.717, 1.165) is 18.4 Å². The summed E-state index contributed by atoms with van der Waals surface area (Å²) in [6.07, 6.45) is 1.00. The first kappa shape index (κ1) is 15.3. The van der Waals surface area contributed by atoms with Crippen LogP contribution >= 0.6 is 0 Å². The molecule has 0 heterocycles. The molecule has 3 N–H and O–H groups in total. The van der Waals surface area contributed by atoms with Gasteiger partial charge in [0, 0.05) is 12.1 Å². The van der Waals surface area contributed by atoms with E-state index in [9.17, 15) is 9.59 Å². The topological polar surface area (TPSA) is 87.7 Å². The SMILES string of the molecule is CC(NC1CC(NC(=O)OCc2ccccc2)C1)C(=O)O. The molecule has 1 atom stereocenters. The molecule has 1 amide bonds. The van der Waals surface area contributed by atoms with Gasteiger partial charge in [-0.05, 0) is 25.3 Å². The van der Waals surface area contributed by atoms with Crippen molar-refractivity contribution in [3.8, 4) is 0 Å². The molecule has 0 saturated heterocycles. The number of carbonyl (C=O) groups is 2. The maximum atomic E-state index is 11.6. The van der Waals surface area contributed by atoms with Gasteiger partial charge in [0.1, 0.15) is 12.6 Å². The van der Waals surface area contributed by atoms with Crippen molar-refractivity contribution in [2.75, 3.05) is 0 Å². The Kier molecular flexibility index (Phi) is 5.16. The van der Waals surface area contributed by atoms with Crippen LogP contribution in [0.2, 0.25) is 0 Å². The first-order chi connectivity index (χ1) is 10.0. The fraction of sp³-hybridized carbons (Fsp3) is 0.467. The van der Waals surface area contributed by atoms with Crippen LogP contribution in [0.15, 0.2) is 30.3 Å². The van der Waals surface area contributed by atoms with E-state index < -0.39 is 18.1 Å². The molecular formula is C15H20N2O4. The summed E-state index contributed by atoms with van der Waals surface area (Å²) < 4.78 is 5.12. The molecule has 21 heavy (non-hydrogen) atoms. The van der Waals surface area contributed by atoms with Gasteiger partial charge in [0.15, 0.2) is 0 Å². The minimum absolute atomic E-state index is 0.0479. The van der Waals surface area contributed by atoms with Crippen LogP contribution in [0, 0.1) is 0 Å². The molecule has 0 aromatic heterocycles. The van der Waals surface area contributed by atoms with Crippen molar-refractivity contribution in [2.45, 2.75) is 44.5 Å². The predicted octanol–water partition coefficient (Wildman–Crippen LogP) is 1.51. The summed E-state index contributed by atoms with van der Waals surface area (Å²) in [6, 6.07) is 9.09. The Bertz CT molecular complexity index is 486. The van der Waals surface area contributed by atoms with E-state index in [2.05, 4.69) is 10.6 Å². The van der Waals surface area contributed by atoms with Gasteiger partial charge in [-0.25, -0.2) is 4.79 Å². The van der Waals surface area contributed by atoms with Crippen molar-refractivity contribution in [3.05, 3.63) is 35.9 Å². The van der Waals surface area contributed by atoms with E-state index in [-0.39, 0.29) is 18.7 Å². The van der Waals surface area contributed by atoms with Crippen LogP contribution in [-0.2, 0) is 16.1 Å². The van der Waals surface area contributed by atoms with Gasteiger partial charge in [-0.2, -0.15) is 0 Å². The second kappa shape index (κ2) is 7.08. The van der Waals surface area contributed by atoms with Gasteiger partial charge in [0.05, 0.1) is 0 Å². The van der Waals surface area contributed by atoms with Gasteiger partial charge >= 0.3 is 12.1 Å². The number of carboxylic acid groups (broad SMARTS) is 1. The lowest BCUT2D eigenvalue weighted by atomic mass is 9.86. The fourth-order valence-electron chi connectivity index (χ4n) is 2.23. The monoisotopic (exact) mass is 292 g/mol. The van der Waals surface area contributed by atoms with Crippen LogP contribution < -0.4 is 10.6 Å². The first-order valence-electron chi connectivity index (χ1n) is 7.00. The summed E-state index contributed by atoms with van der Waals surface area (Å²) in [7, 11) is 0. The van der Waals surface area contributed by atoms with Gasteiger partial charge in [0.2, 0.25) is 0 Å². The minimum Gasteiger partial charge on any atom is -0.480 e. The largest absolute Gasteiger partial charge is 0.480 e. The van der Waals surface area contributed by atoms with Crippen LogP contribution in [0.5, 0.6) is 0 Å². The molecule has 2 rings (SSSR count).